The smallest absolute Gasteiger partial charge is 0.306 e. The molecule has 3 aromatic carbocycles. The quantitative estimate of drug-likeness (QED) is 0.0629. The molecule has 1 aliphatic carbocycles. The van der Waals surface area contributed by atoms with Gasteiger partial charge in [0.15, 0.2) is 25.0 Å². The number of amides is 1. The number of esters is 1. The molecule has 0 radical (unpaired) electrons. The van der Waals surface area contributed by atoms with E-state index in [-0.39, 0.29) is 68.6 Å². The molecule has 312 valence electrons. The summed E-state index contributed by atoms with van der Waals surface area (Å²) in [6.45, 7) is 1.47. The highest BCUT2D eigenvalue weighted by Gasteiger charge is 2.45. The largest absolute Gasteiger partial charge is 0.491 e. The molecular formula is C46H57NO11. The van der Waals surface area contributed by atoms with Crippen LogP contribution in [-0.4, -0.2) is 92.8 Å². The number of allylic oxidation sites excluding steroid dienone is 2. The van der Waals surface area contributed by atoms with Crippen molar-refractivity contribution in [2.75, 3.05) is 38.4 Å². The Morgan fingerprint density at radius 3 is 2.19 bits per heavy atom. The van der Waals surface area contributed by atoms with Gasteiger partial charge in [-0.15, -0.1) is 0 Å². The molecule has 7 atom stereocenters. The molecule has 12 nitrogen and oxygen atoms in total. The summed E-state index contributed by atoms with van der Waals surface area (Å²) >= 11 is 0. The van der Waals surface area contributed by atoms with Crippen molar-refractivity contribution in [2.24, 2.45) is 5.92 Å². The van der Waals surface area contributed by atoms with Gasteiger partial charge in [0.25, 0.3) is 5.91 Å². The number of carbonyl (C=O) groups is 3. The van der Waals surface area contributed by atoms with Crippen LogP contribution >= 0.6 is 0 Å². The number of ketones is 1. The molecule has 0 spiro atoms. The highest BCUT2D eigenvalue weighted by molar-refractivity contribution is 6.04. The Morgan fingerprint density at radius 1 is 0.793 bits per heavy atom. The number of hydrogen-bond acceptors (Lipinski definition) is 11. The van der Waals surface area contributed by atoms with Crippen LogP contribution < -0.4 is 10.1 Å². The average Bonchev–Trinajstić information content (AvgIpc) is 3.55. The first-order valence-corrected chi connectivity index (χ1v) is 20.7. The topological polar surface area (TPSA) is 148 Å². The third kappa shape index (κ3) is 13.9. The van der Waals surface area contributed by atoms with Crippen molar-refractivity contribution in [3.63, 3.8) is 0 Å². The number of ether oxygens (including phenoxy) is 7. The van der Waals surface area contributed by atoms with E-state index in [1.54, 1.807) is 48.5 Å². The predicted molar refractivity (Wildman–Crippen MR) is 216 cm³/mol. The van der Waals surface area contributed by atoms with E-state index in [4.69, 9.17) is 33.2 Å². The number of hydrogen-bond donors (Lipinski definition) is 2. The van der Waals surface area contributed by atoms with Crippen molar-refractivity contribution >= 4 is 23.3 Å². The third-order valence-electron chi connectivity index (χ3n) is 10.6. The molecule has 2 heterocycles. The standard InChI is InChI=1S/C46H57NO11/c48-39-29-41(58-44-22-12-14-28-53-44)45(56-31-37(57-43-21-11-13-27-52-43)30-54-36-17-7-4-8-18-36)38(39)19-9-1-2-10-20-42(50)55-32-40(49)33-23-25-35(26-24-33)47-46(51)34-15-5-3-6-16-34/h1-8,15-18,23-26,37-39,41,43-45,48H,9-14,19-22,27-32H2,(H,47,51)/b2-1-/t37?,38-,39+,41-,43?,44?,45+/m0/s1. The second-order valence-electron chi connectivity index (χ2n) is 15.0. The molecule has 3 unspecified atom stereocenters. The van der Waals surface area contributed by atoms with Crippen molar-refractivity contribution in [3.8, 4) is 5.75 Å². The van der Waals surface area contributed by atoms with Gasteiger partial charge in [0.2, 0.25) is 0 Å². The maximum Gasteiger partial charge on any atom is 0.306 e. The summed E-state index contributed by atoms with van der Waals surface area (Å²) in [4.78, 5) is 37.5. The van der Waals surface area contributed by atoms with Gasteiger partial charge in [0, 0.05) is 48.8 Å². The molecule has 6 rings (SSSR count). The van der Waals surface area contributed by atoms with Crippen LogP contribution in [-0.2, 0) is 33.2 Å². The summed E-state index contributed by atoms with van der Waals surface area (Å²) < 4.78 is 42.5. The number of benzene rings is 3. The highest BCUT2D eigenvalue weighted by atomic mass is 16.7. The van der Waals surface area contributed by atoms with Crippen LogP contribution in [0.4, 0.5) is 5.69 Å². The molecule has 2 saturated heterocycles. The Kier molecular flexibility index (Phi) is 17.3. The molecule has 12 heteroatoms. The molecule has 3 fully saturated rings. The van der Waals surface area contributed by atoms with E-state index in [1.807, 2.05) is 48.6 Å². The van der Waals surface area contributed by atoms with Crippen LogP contribution in [0, 0.1) is 5.92 Å². The number of anilines is 1. The second-order valence-corrected chi connectivity index (χ2v) is 15.0. The molecule has 3 aliphatic rings. The van der Waals surface area contributed by atoms with E-state index >= 15 is 0 Å². The number of para-hydroxylation sites is 1. The fourth-order valence-corrected chi connectivity index (χ4v) is 7.42. The Bertz CT molecular complexity index is 1710. The van der Waals surface area contributed by atoms with Gasteiger partial charge in [-0.1, -0.05) is 48.6 Å². The van der Waals surface area contributed by atoms with Gasteiger partial charge in [-0.25, -0.2) is 0 Å². The van der Waals surface area contributed by atoms with Gasteiger partial charge in [0.05, 0.1) is 24.9 Å². The van der Waals surface area contributed by atoms with Gasteiger partial charge in [-0.05, 0) is 106 Å². The molecule has 2 aliphatic heterocycles. The van der Waals surface area contributed by atoms with Crippen molar-refractivity contribution in [1.29, 1.82) is 0 Å². The first-order valence-electron chi connectivity index (χ1n) is 20.7. The van der Waals surface area contributed by atoms with E-state index in [1.165, 1.54) is 0 Å². The Hall–Kier alpha value is -4.43. The summed E-state index contributed by atoms with van der Waals surface area (Å²) in [5, 5.41) is 14.1. The van der Waals surface area contributed by atoms with Crippen molar-refractivity contribution in [3.05, 3.63) is 108 Å². The molecule has 1 amide bonds. The minimum absolute atomic E-state index is 0.125. The zero-order valence-electron chi connectivity index (χ0n) is 33.1. The van der Waals surface area contributed by atoms with Crippen LogP contribution in [0.15, 0.2) is 97.1 Å². The van der Waals surface area contributed by atoms with Gasteiger partial charge >= 0.3 is 5.97 Å². The minimum Gasteiger partial charge on any atom is -0.491 e. The van der Waals surface area contributed by atoms with Gasteiger partial charge < -0.3 is 43.6 Å². The normalized spacial score (nSPS) is 23.9. The van der Waals surface area contributed by atoms with Crippen molar-refractivity contribution < 1.29 is 52.6 Å². The lowest BCUT2D eigenvalue weighted by atomic mass is 9.96. The fourth-order valence-electron chi connectivity index (χ4n) is 7.42. The SMILES string of the molecule is O=C(CC/C=C\CC[C@@H]1[C@@H](OCC(COc2ccccc2)OC2CCCCO2)[C@@H](OC2CCCCO2)C[C@H]1O)OCC(=O)c1ccc(NC(=O)c2ccccc2)cc1. The first kappa shape index (κ1) is 43.2. The molecule has 0 bridgehead atoms. The van der Waals surface area contributed by atoms with Crippen LogP contribution in [0.2, 0.25) is 0 Å². The van der Waals surface area contributed by atoms with Gasteiger partial charge in [0.1, 0.15) is 18.5 Å². The summed E-state index contributed by atoms with van der Waals surface area (Å²) in [6, 6.07) is 24.9. The molecule has 1 saturated carbocycles. The summed E-state index contributed by atoms with van der Waals surface area (Å²) in [5.74, 6) is -0.500. The molecule has 2 N–H and O–H groups in total. The minimum atomic E-state index is -0.620. The zero-order chi connectivity index (χ0) is 40.4. The van der Waals surface area contributed by atoms with Crippen LogP contribution in [0.1, 0.15) is 91.3 Å². The number of carbonyl (C=O) groups excluding carboxylic acids is 3. The lowest BCUT2D eigenvalue weighted by molar-refractivity contribution is -0.226. The van der Waals surface area contributed by atoms with Crippen LogP contribution in [0.25, 0.3) is 0 Å². The van der Waals surface area contributed by atoms with Crippen LogP contribution in [0.5, 0.6) is 5.75 Å². The lowest BCUT2D eigenvalue weighted by Crippen LogP contribution is -2.40. The maximum atomic E-state index is 12.7. The maximum absolute atomic E-state index is 12.7. The van der Waals surface area contributed by atoms with Gasteiger partial charge in [-0.2, -0.15) is 0 Å². The third-order valence-corrected chi connectivity index (χ3v) is 10.6. The van der Waals surface area contributed by atoms with E-state index in [0.717, 1.165) is 44.3 Å². The van der Waals surface area contributed by atoms with Crippen molar-refractivity contribution in [1.82, 2.24) is 0 Å². The van der Waals surface area contributed by atoms with Crippen LogP contribution in [0.3, 0.4) is 0 Å². The number of nitrogens with one attached hydrogen (secondary N) is 1. The summed E-state index contributed by atoms with van der Waals surface area (Å²) in [5.41, 5.74) is 1.46. The fraction of sp³-hybridized carbons (Fsp3) is 0.500. The number of aliphatic hydroxyl groups is 1. The van der Waals surface area contributed by atoms with E-state index < -0.39 is 18.2 Å². The lowest BCUT2D eigenvalue weighted by Gasteiger charge is -2.32. The number of aliphatic hydroxyl groups excluding tert-OH is 1. The molecular weight excluding hydrogens is 743 g/mol. The molecule has 58 heavy (non-hydrogen) atoms. The highest BCUT2D eigenvalue weighted by Crippen LogP contribution is 2.36. The Morgan fingerprint density at radius 2 is 1.48 bits per heavy atom. The molecule has 3 aromatic rings. The van der Waals surface area contributed by atoms with E-state index in [2.05, 4.69) is 5.32 Å². The zero-order valence-corrected chi connectivity index (χ0v) is 33.1. The number of Topliss-reactive ketones (excluding diaryl/α,β-unsaturated/α-hetero) is 1. The van der Waals surface area contributed by atoms with E-state index in [0.29, 0.717) is 55.7 Å². The Labute approximate surface area is 341 Å². The van der Waals surface area contributed by atoms with Crippen molar-refractivity contribution in [2.45, 2.75) is 108 Å². The second kappa shape index (κ2) is 23.2. The first-order chi connectivity index (χ1) is 28.4. The molecule has 0 aromatic heterocycles. The number of rotatable bonds is 21. The van der Waals surface area contributed by atoms with Gasteiger partial charge in [-0.3, -0.25) is 14.4 Å². The summed E-state index contributed by atoms with van der Waals surface area (Å²) in [7, 11) is 0. The van der Waals surface area contributed by atoms with E-state index in [9.17, 15) is 19.5 Å². The summed E-state index contributed by atoms with van der Waals surface area (Å²) in [6.07, 6.45) is 9.56. The monoisotopic (exact) mass is 799 g/mol. The average molecular weight is 800 g/mol. The predicted octanol–water partition coefficient (Wildman–Crippen LogP) is 7.45. The Balaban J connectivity index is 0.954.